The predicted octanol–water partition coefficient (Wildman–Crippen LogP) is 2.48. The fourth-order valence-corrected chi connectivity index (χ4v) is 4.33. The molecule has 2 aliphatic rings. The third kappa shape index (κ3) is 6.19. The summed E-state index contributed by atoms with van der Waals surface area (Å²) < 4.78 is 21.4. The number of Topliss-reactive ketones (excluding diaryl/α,β-unsaturated/α-hetero) is 1. The number of carbonyl (C=O) groups is 4. The van der Waals surface area contributed by atoms with Crippen LogP contribution in [0.25, 0.3) is 0 Å². The van der Waals surface area contributed by atoms with Gasteiger partial charge in [-0.1, -0.05) is 6.07 Å². The molecule has 2 aromatic rings. The van der Waals surface area contributed by atoms with E-state index >= 15 is 0 Å². The van der Waals surface area contributed by atoms with Gasteiger partial charge in [0.25, 0.3) is 5.91 Å². The SMILES string of the molecule is CCOC(=O)C1CCN(C(=O)CN2C(=O)COc3ccc(C(=O)COc4cccc(OC)c4)cc32)CC1. The first-order valence-electron chi connectivity index (χ1n) is 12.2. The minimum Gasteiger partial charge on any atom is -0.497 e. The van der Waals surface area contributed by atoms with E-state index < -0.39 is 0 Å². The Labute approximate surface area is 215 Å². The molecule has 4 rings (SSSR count). The van der Waals surface area contributed by atoms with Crippen molar-refractivity contribution < 1.29 is 38.1 Å². The normalized spacial score (nSPS) is 15.5. The zero-order chi connectivity index (χ0) is 26.4. The molecule has 1 saturated heterocycles. The number of piperidine rings is 1. The van der Waals surface area contributed by atoms with Crippen molar-refractivity contribution in [3.8, 4) is 17.2 Å². The number of carbonyl (C=O) groups excluding carboxylic acids is 4. The van der Waals surface area contributed by atoms with Crippen LogP contribution in [-0.2, 0) is 19.1 Å². The van der Waals surface area contributed by atoms with Crippen LogP contribution in [0.5, 0.6) is 17.2 Å². The van der Waals surface area contributed by atoms with Crippen LogP contribution in [0.4, 0.5) is 5.69 Å². The Kier molecular flexibility index (Phi) is 8.27. The largest absolute Gasteiger partial charge is 0.497 e. The van der Waals surface area contributed by atoms with Crippen LogP contribution in [0.2, 0.25) is 0 Å². The maximum absolute atomic E-state index is 13.0. The molecule has 2 heterocycles. The van der Waals surface area contributed by atoms with Gasteiger partial charge in [0.15, 0.2) is 19.0 Å². The minimum absolute atomic E-state index is 0.183. The van der Waals surface area contributed by atoms with Crippen molar-refractivity contribution in [3.05, 3.63) is 48.0 Å². The second-order valence-corrected chi connectivity index (χ2v) is 8.75. The van der Waals surface area contributed by atoms with Gasteiger partial charge in [0, 0.05) is 24.7 Å². The van der Waals surface area contributed by atoms with Crippen molar-refractivity contribution >= 4 is 29.3 Å². The highest BCUT2D eigenvalue weighted by atomic mass is 16.5. The standard InChI is InChI=1S/C27H30N2O8/c1-3-35-27(33)18-9-11-28(12-10-18)25(31)15-29-22-13-19(7-8-24(22)37-17-26(29)32)23(30)16-36-21-6-4-5-20(14-21)34-2/h4-8,13-14,18H,3,9-12,15-17H2,1-2H3. The molecule has 2 aliphatic heterocycles. The number of likely N-dealkylation sites (tertiary alicyclic amines) is 1. The van der Waals surface area contributed by atoms with Gasteiger partial charge in [-0.2, -0.15) is 0 Å². The van der Waals surface area contributed by atoms with Gasteiger partial charge in [-0.25, -0.2) is 0 Å². The molecule has 10 nitrogen and oxygen atoms in total. The number of ether oxygens (including phenoxy) is 4. The molecule has 0 spiro atoms. The van der Waals surface area contributed by atoms with Crippen LogP contribution < -0.4 is 19.1 Å². The number of methoxy groups -OCH3 is 1. The fraction of sp³-hybridized carbons (Fsp3) is 0.407. The highest BCUT2D eigenvalue weighted by Gasteiger charge is 2.32. The Balaban J connectivity index is 1.41. The lowest BCUT2D eigenvalue weighted by atomic mass is 9.97. The maximum Gasteiger partial charge on any atom is 0.309 e. The van der Waals surface area contributed by atoms with Crippen molar-refractivity contribution in [2.24, 2.45) is 5.92 Å². The van der Waals surface area contributed by atoms with Crippen LogP contribution >= 0.6 is 0 Å². The topological polar surface area (TPSA) is 112 Å². The van der Waals surface area contributed by atoms with E-state index in [1.807, 2.05) is 0 Å². The van der Waals surface area contributed by atoms with Gasteiger partial charge in [0.05, 0.1) is 25.3 Å². The summed E-state index contributed by atoms with van der Waals surface area (Å²) in [6.07, 6.45) is 1.04. The Hall–Kier alpha value is -4.08. The lowest BCUT2D eigenvalue weighted by Gasteiger charge is -2.34. The number of amides is 2. The third-order valence-corrected chi connectivity index (χ3v) is 6.40. The van der Waals surface area contributed by atoms with Crippen LogP contribution in [-0.4, -0.2) is 75.0 Å². The summed E-state index contributed by atoms with van der Waals surface area (Å²) in [6.45, 7) is 2.32. The summed E-state index contributed by atoms with van der Waals surface area (Å²) in [5.41, 5.74) is 0.686. The monoisotopic (exact) mass is 510 g/mol. The predicted molar refractivity (Wildman–Crippen MR) is 133 cm³/mol. The number of nitrogens with zero attached hydrogens (tertiary/aromatic N) is 2. The van der Waals surface area contributed by atoms with Crippen molar-refractivity contribution in [2.45, 2.75) is 19.8 Å². The maximum atomic E-state index is 13.0. The summed E-state index contributed by atoms with van der Waals surface area (Å²) in [7, 11) is 1.54. The van der Waals surface area contributed by atoms with Gasteiger partial charge in [-0.15, -0.1) is 0 Å². The average Bonchev–Trinajstić information content (AvgIpc) is 2.93. The quantitative estimate of drug-likeness (QED) is 0.374. The number of esters is 1. The fourth-order valence-electron chi connectivity index (χ4n) is 4.33. The van der Waals surface area contributed by atoms with E-state index in [4.69, 9.17) is 18.9 Å². The van der Waals surface area contributed by atoms with E-state index in [1.54, 1.807) is 61.4 Å². The smallest absolute Gasteiger partial charge is 0.309 e. The molecule has 1 fully saturated rings. The first-order valence-corrected chi connectivity index (χ1v) is 12.2. The second-order valence-electron chi connectivity index (χ2n) is 8.75. The van der Waals surface area contributed by atoms with E-state index in [0.29, 0.717) is 61.0 Å². The lowest BCUT2D eigenvalue weighted by Crippen LogP contribution is -2.49. The van der Waals surface area contributed by atoms with Gasteiger partial charge in [0.2, 0.25) is 5.91 Å². The molecule has 0 N–H and O–H groups in total. The molecule has 0 atom stereocenters. The second kappa shape index (κ2) is 11.8. The Morgan fingerprint density at radius 3 is 2.54 bits per heavy atom. The number of benzene rings is 2. The molecule has 0 radical (unpaired) electrons. The van der Waals surface area contributed by atoms with Crippen LogP contribution in [0.15, 0.2) is 42.5 Å². The summed E-state index contributed by atoms with van der Waals surface area (Å²) in [5, 5.41) is 0. The molecule has 37 heavy (non-hydrogen) atoms. The molecule has 0 bridgehead atoms. The Bertz CT molecular complexity index is 1170. The molecule has 2 aromatic carbocycles. The number of rotatable bonds is 9. The summed E-state index contributed by atoms with van der Waals surface area (Å²) in [6, 6.07) is 11.7. The molecule has 10 heteroatoms. The van der Waals surface area contributed by atoms with Gasteiger partial charge < -0.3 is 23.8 Å². The molecule has 0 aliphatic carbocycles. The molecule has 2 amide bonds. The van der Waals surface area contributed by atoms with Gasteiger partial charge in [-0.05, 0) is 50.1 Å². The van der Waals surface area contributed by atoms with E-state index in [0.717, 1.165) is 0 Å². The van der Waals surface area contributed by atoms with Crippen LogP contribution in [0.1, 0.15) is 30.1 Å². The summed E-state index contributed by atoms with van der Waals surface area (Å²) in [4.78, 5) is 53.5. The van der Waals surface area contributed by atoms with Gasteiger partial charge in [-0.3, -0.25) is 24.1 Å². The Morgan fingerprint density at radius 1 is 1.05 bits per heavy atom. The summed E-state index contributed by atoms with van der Waals surface area (Å²) >= 11 is 0. The lowest BCUT2D eigenvalue weighted by molar-refractivity contribution is -0.151. The number of anilines is 1. The molecule has 0 saturated carbocycles. The Morgan fingerprint density at radius 2 is 1.81 bits per heavy atom. The molecule has 196 valence electrons. The van der Waals surface area contributed by atoms with Crippen LogP contribution in [0, 0.1) is 5.92 Å². The van der Waals surface area contributed by atoms with Crippen molar-refractivity contribution in [1.29, 1.82) is 0 Å². The zero-order valence-electron chi connectivity index (χ0n) is 20.9. The highest BCUT2D eigenvalue weighted by molar-refractivity contribution is 6.04. The van der Waals surface area contributed by atoms with Gasteiger partial charge in [0.1, 0.15) is 23.8 Å². The number of fused-ring (bicyclic) bond motifs is 1. The molecular formula is C27H30N2O8. The van der Waals surface area contributed by atoms with E-state index in [2.05, 4.69) is 0 Å². The first-order chi connectivity index (χ1) is 17.9. The molecule has 0 unspecified atom stereocenters. The van der Waals surface area contributed by atoms with Crippen LogP contribution in [0.3, 0.4) is 0 Å². The zero-order valence-corrected chi connectivity index (χ0v) is 20.9. The highest BCUT2D eigenvalue weighted by Crippen LogP contribution is 2.33. The van der Waals surface area contributed by atoms with E-state index in [-0.39, 0.29) is 49.2 Å². The number of ketones is 1. The van der Waals surface area contributed by atoms with Crippen molar-refractivity contribution in [1.82, 2.24) is 4.90 Å². The number of hydrogen-bond acceptors (Lipinski definition) is 8. The number of hydrogen-bond donors (Lipinski definition) is 0. The minimum atomic E-state index is -0.375. The van der Waals surface area contributed by atoms with E-state index in [1.165, 1.54) is 4.90 Å². The third-order valence-electron chi connectivity index (χ3n) is 6.40. The van der Waals surface area contributed by atoms with Crippen molar-refractivity contribution in [3.63, 3.8) is 0 Å². The van der Waals surface area contributed by atoms with Crippen molar-refractivity contribution in [2.75, 3.05) is 51.5 Å². The first kappa shape index (κ1) is 26.0. The van der Waals surface area contributed by atoms with E-state index in [9.17, 15) is 19.2 Å². The molecule has 0 aromatic heterocycles. The van der Waals surface area contributed by atoms with Gasteiger partial charge >= 0.3 is 5.97 Å². The average molecular weight is 511 g/mol. The molecular weight excluding hydrogens is 480 g/mol. The summed E-state index contributed by atoms with van der Waals surface area (Å²) in [5.74, 6) is 0.153.